The Morgan fingerprint density at radius 3 is 2.38 bits per heavy atom. The van der Waals surface area contributed by atoms with E-state index < -0.39 is 36.1 Å². The molecule has 3 amide bonds. The molecule has 3 rings (SSSR count). The lowest BCUT2D eigenvalue weighted by Crippen LogP contribution is -2.35. The molecular formula is C23H24ClN5O5. The number of hydrogen-bond donors (Lipinski definition) is 3. The second-order valence-electron chi connectivity index (χ2n) is 7.43. The molecule has 1 unspecified atom stereocenters. The molecule has 0 fully saturated rings. The summed E-state index contributed by atoms with van der Waals surface area (Å²) in [7, 11) is 1.69. The predicted octanol–water partition coefficient (Wildman–Crippen LogP) is 2.42. The molecule has 178 valence electrons. The molecule has 2 aromatic carbocycles. The number of urea groups is 1. The third-order valence-electron chi connectivity index (χ3n) is 5.15. The Balaban J connectivity index is 1.66. The number of esters is 1. The van der Waals surface area contributed by atoms with Crippen molar-refractivity contribution in [2.75, 3.05) is 11.9 Å². The maximum atomic E-state index is 12.9. The lowest BCUT2D eigenvalue weighted by Gasteiger charge is -2.18. The van der Waals surface area contributed by atoms with Crippen LogP contribution in [0.25, 0.3) is 5.69 Å². The van der Waals surface area contributed by atoms with Gasteiger partial charge in [-0.1, -0.05) is 48.0 Å². The third-order valence-corrected chi connectivity index (χ3v) is 5.50. The highest BCUT2D eigenvalue weighted by atomic mass is 35.5. The van der Waals surface area contributed by atoms with Crippen LogP contribution >= 0.6 is 11.6 Å². The van der Waals surface area contributed by atoms with Gasteiger partial charge >= 0.3 is 12.0 Å². The monoisotopic (exact) mass is 485 g/mol. The first-order valence-electron chi connectivity index (χ1n) is 10.3. The maximum absolute atomic E-state index is 12.9. The molecule has 0 bridgehead atoms. The molecule has 11 heteroatoms. The zero-order valence-corrected chi connectivity index (χ0v) is 19.3. The van der Waals surface area contributed by atoms with Crippen LogP contribution in [0.2, 0.25) is 5.02 Å². The van der Waals surface area contributed by atoms with Crippen LogP contribution in [0.3, 0.4) is 0 Å². The van der Waals surface area contributed by atoms with Crippen molar-refractivity contribution in [3.05, 3.63) is 81.2 Å². The zero-order valence-electron chi connectivity index (χ0n) is 18.6. The summed E-state index contributed by atoms with van der Waals surface area (Å²) in [6, 6.07) is 13.9. The Kier molecular flexibility index (Phi) is 7.75. The van der Waals surface area contributed by atoms with Gasteiger partial charge < -0.3 is 21.1 Å². The van der Waals surface area contributed by atoms with Gasteiger partial charge in [0, 0.05) is 12.1 Å². The molecule has 4 N–H and O–H groups in total. The lowest BCUT2D eigenvalue weighted by atomic mass is 10.0. The molecular weight excluding hydrogens is 462 g/mol. The van der Waals surface area contributed by atoms with Crippen LogP contribution in [0.15, 0.2) is 59.4 Å². The topological polar surface area (TPSA) is 137 Å². The number of halogens is 1. The number of benzene rings is 2. The molecule has 0 saturated heterocycles. The van der Waals surface area contributed by atoms with Gasteiger partial charge in [0.2, 0.25) is 0 Å². The van der Waals surface area contributed by atoms with Crippen molar-refractivity contribution in [3.8, 4) is 5.69 Å². The average molecular weight is 486 g/mol. The van der Waals surface area contributed by atoms with E-state index in [4.69, 9.17) is 22.1 Å². The molecule has 0 aliphatic carbocycles. The van der Waals surface area contributed by atoms with E-state index in [0.29, 0.717) is 22.0 Å². The number of amides is 3. The Labute approximate surface area is 200 Å². The number of nitrogens with one attached hydrogen (secondary N) is 2. The largest absolute Gasteiger partial charge is 0.455 e. The van der Waals surface area contributed by atoms with Crippen LogP contribution in [-0.2, 0) is 21.4 Å². The highest BCUT2D eigenvalue weighted by molar-refractivity contribution is 6.31. The molecule has 34 heavy (non-hydrogen) atoms. The summed E-state index contributed by atoms with van der Waals surface area (Å²) in [5.74, 6) is -1.45. The van der Waals surface area contributed by atoms with E-state index in [1.165, 1.54) is 4.68 Å². The number of para-hydroxylation sites is 1. The van der Waals surface area contributed by atoms with Gasteiger partial charge in [-0.15, -0.1) is 0 Å². The highest BCUT2D eigenvalue weighted by Crippen LogP contribution is 2.25. The van der Waals surface area contributed by atoms with Crippen LogP contribution in [0.1, 0.15) is 23.7 Å². The van der Waals surface area contributed by atoms with E-state index in [0.717, 1.165) is 0 Å². The number of aromatic nitrogens is 2. The van der Waals surface area contributed by atoms with Crippen LogP contribution in [0.4, 0.5) is 10.5 Å². The third kappa shape index (κ3) is 5.65. The second kappa shape index (κ2) is 10.7. The summed E-state index contributed by atoms with van der Waals surface area (Å²) in [4.78, 5) is 49.0. The molecule has 1 aromatic heterocycles. The molecule has 10 nitrogen and oxygen atoms in total. The average Bonchev–Trinajstić information content (AvgIpc) is 3.01. The molecule has 1 heterocycles. The maximum Gasteiger partial charge on any atom is 0.312 e. The van der Waals surface area contributed by atoms with E-state index in [2.05, 4.69) is 10.6 Å². The van der Waals surface area contributed by atoms with Crippen molar-refractivity contribution in [1.29, 1.82) is 0 Å². The Bertz CT molecular complexity index is 1270. The summed E-state index contributed by atoms with van der Waals surface area (Å²) in [6.07, 6.45) is -0.300. The van der Waals surface area contributed by atoms with Crippen LogP contribution in [0.5, 0.6) is 0 Å². The Morgan fingerprint density at radius 1 is 1.09 bits per heavy atom. The fraction of sp³-hybridized carbons (Fsp3) is 0.217. The molecule has 0 aliphatic rings. The van der Waals surface area contributed by atoms with Gasteiger partial charge in [0.05, 0.1) is 23.8 Å². The lowest BCUT2D eigenvalue weighted by molar-refractivity contribution is -0.147. The minimum absolute atomic E-state index is 0.0803. The van der Waals surface area contributed by atoms with Gasteiger partial charge in [0.15, 0.2) is 6.61 Å². The van der Waals surface area contributed by atoms with Crippen molar-refractivity contribution in [3.63, 3.8) is 0 Å². The first kappa shape index (κ1) is 24.6. The summed E-state index contributed by atoms with van der Waals surface area (Å²) < 4.78 is 8.08. The predicted molar refractivity (Wildman–Crippen MR) is 127 cm³/mol. The second-order valence-corrected chi connectivity index (χ2v) is 7.84. The van der Waals surface area contributed by atoms with Gasteiger partial charge in [0.1, 0.15) is 5.69 Å². The molecule has 0 aliphatic heterocycles. The standard InChI is InChI=1S/C23H24ClN5O5/c1-14-21(22(32)29(28(14)2)15-8-4-3-5-9-15)27-19(30)13-34-20(31)12-18(26-23(25)33)16-10-6-7-11-17(16)24/h3-11,18H,12-13H2,1-2H3,(H,27,30)(H3,25,26,33). The van der Waals surface area contributed by atoms with E-state index in [1.807, 2.05) is 6.07 Å². The quantitative estimate of drug-likeness (QED) is 0.421. The molecule has 0 spiro atoms. The first-order chi connectivity index (χ1) is 16.2. The first-order valence-corrected chi connectivity index (χ1v) is 10.7. The molecule has 0 radical (unpaired) electrons. The summed E-state index contributed by atoms with van der Waals surface area (Å²) >= 11 is 6.15. The van der Waals surface area contributed by atoms with Crippen molar-refractivity contribution < 1.29 is 19.1 Å². The number of nitrogens with two attached hydrogens (primary N) is 1. The van der Waals surface area contributed by atoms with E-state index in [-0.39, 0.29) is 12.1 Å². The van der Waals surface area contributed by atoms with Crippen LogP contribution < -0.4 is 21.9 Å². The number of rotatable bonds is 8. The summed E-state index contributed by atoms with van der Waals surface area (Å²) in [6.45, 7) is 1.07. The Morgan fingerprint density at radius 2 is 1.74 bits per heavy atom. The smallest absolute Gasteiger partial charge is 0.312 e. The van der Waals surface area contributed by atoms with Gasteiger partial charge in [-0.2, -0.15) is 0 Å². The number of nitrogens with zero attached hydrogens (tertiary/aromatic N) is 2. The number of carbonyl (C=O) groups excluding carboxylic acids is 3. The van der Waals surface area contributed by atoms with E-state index >= 15 is 0 Å². The van der Waals surface area contributed by atoms with Crippen molar-refractivity contribution in [1.82, 2.24) is 14.7 Å². The number of anilines is 1. The van der Waals surface area contributed by atoms with Gasteiger partial charge in [0.25, 0.3) is 11.5 Å². The SMILES string of the molecule is Cc1c(NC(=O)COC(=O)CC(NC(N)=O)c2ccccc2Cl)c(=O)n(-c2ccccc2)n1C. The fourth-order valence-corrected chi connectivity index (χ4v) is 3.70. The van der Waals surface area contributed by atoms with Gasteiger partial charge in [-0.05, 0) is 30.7 Å². The van der Waals surface area contributed by atoms with Crippen LogP contribution in [0, 0.1) is 6.92 Å². The van der Waals surface area contributed by atoms with Gasteiger partial charge in [-0.25, -0.2) is 9.48 Å². The highest BCUT2D eigenvalue weighted by Gasteiger charge is 2.22. The van der Waals surface area contributed by atoms with Crippen molar-refractivity contribution in [2.45, 2.75) is 19.4 Å². The van der Waals surface area contributed by atoms with E-state index in [1.54, 1.807) is 67.2 Å². The molecule has 1 atom stereocenters. The zero-order chi connectivity index (χ0) is 24.8. The number of carbonyl (C=O) groups is 3. The summed E-state index contributed by atoms with van der Waals surface area (Å²) in [5, 5.41) is 5.29. The minimum Gasteiger partial charge on any atom is -0.455 e. The summed E-state index contributed by atoms with van der Waals surface area (Å²) in [5.41, 5.74) is 6.51. The van der Waals surface area contributed by atoms with Gasteiger partial charge in [-0.3, -0.25) is 19.1 Å². The van der Waals surface area contributed by atoms with Crippen LogP contribution in [-0.4, -0.2) is 33.9 Å². The molecule has 0 saturated carbocycles. The fourth-order valence-electron chi connectivity index (χ4n) is 3.43. The van der Waals surface area contributed by atoms with Crippen molar-refractivity contribution >= 4 is 35.2 Å². The minimum atomic E-state index is -0.843. The molecule has 3 aromatic rings. The number of ether oxygens (including phenoxy) is 1. The van der Waals surface area contributed by atoms with E-state index in [9.17, 15) is 19.2 Å². The Hall–Kier alpha value is -4.05. The normalized spacial score (nSPS) is 11.5. The number of hydrogen-bond acceptors (Lipinski definition) is 5. The number of primary amides is 1. The van der Waals surface area contributed by atoms with Crippen molar-refractivity contribution in [2.24, 2.45) is 12.8 Å².